The zero-order valence-electron chi connectivity index (χ0n) is 11.6. The van der Waals surface area contributed by atoms with Gasteiger partial charge in [0.15, 0.2) is 0 Å². The minimum atomic E-state index is -0.823. The van der Waals surface area contributed by atoms with E-state index >= 15 is 0 Å². The van der Waals surface area contributed by atoms with Gasteiger partial charge in [-0.15, -0.1) is 0 Å². The first-order valence-corrected chi connectivity index (χ1v) is 6.96. The van der Waals surface area contributed by atoms with Gasteiger partial charge in [0.05, 0.1) is 18.5 Å². The second-order valence-electron chi connectivity index (χ2n) is 4.68. The zero-order chi connectivity index (χ0) is 16.1. The van der Waals surface area contributed by atoms with E-state index < -0.39 is 24.0 Å². The highest BCUT2D eigenvalue weighted by atomic mass is 35.5. The van der Waals surface area contributed by atoms with Crippen LogP contribution in [-0.4, -0.2) is 18.6 Å². The lowest BCUT2D eigenvalue weighted by molar-refractivity contribution is -0.148. The number of benzene rings is 1. The highest BCUT2D eigenvalue weighted by Crippen LogP contribution is 2.34. The summed E-state index contributed by atoms with van der Waals surface area (Å²) in [6.45, 7) is 3.71. The number of rotatable bonds is 4. The number of amides is 2. The second-order valence-corrected chi connectivity index (χ2v) is 5.08. The number of nitrogens with zero attached hydrogens (tertiary/aromatic N) is 1. The molecule has 2 N–H and O–H groups in total. The van der Waals surface area contributed by atoms with Crippen molar-refractivity contribution in [3.8, 4) is 6.07 Å². The van der Waals surface area contributed by atoms with Crippen molar-refractivity contribution in [2.75, 3.05) is 6.61 Å². The van der Waals surface area contributed by atoms with Crippen LogP contribution in [-0.2, 0) is 9.53 Å². The third kappa shape index (κ3) is 3.38. The molecule has 2 rings (SSSR count). The van der Waals surface area contributed by atoms with E-state index in [0.717, 1.165) is 0 Å². The number of nitriles is 1. The van der Waals surface area contributed by atoms with Crippen LogP contribution < -0.4 is 10.6 Å². The van der Waals surface area contributed by atoms with Crippen LogP contribution in [0, 0.1) is 17.2 Å². The molecule has 0 aliphatic carbocycles. The standard InChI is InChI=1S/C15H14ClN3O3/c1-9-12(14(20)22-8-4-7-17)13(19-15(21)18-9)10-5-2-3-6-11(10)16/h2-3,5-6,12-13H,1,4,8H2,(H2,18,19,21)/t12-,13+/m1/s1. The van der Waals surface area contributed by atoms with Crippen LogP contribution in [0.25, 0.3) is 0 Å². The third-order valence-electron chi connectivity index (χ3n) is 3.22. The lowest BCUT2D eigenvalue weighted by atomic mass is 9.89. The summed E-state index contributed by atoms with van der Waals surface area (Å²) in [7, 11) is 0. The number of carbonyl (C=O) groups excluding carboxylic acids is 2. The highest BCUT2D eigenvalue weighted by Gasteiger charge is 2.39. The molecule has 114 valence electrons. The molecule has 2 atom stereocenters. The molecule has 0 unspecified atom stereocenters. The largest absolute Gasteiger partial charge is 0.464 e. The Kier molecular flexibility index (Phi) is 5.02. The number of hydrogen-bond acceptors (Lipinski definition) is 4. The van der Waals surface area contributed by atoms with E-state index in [1.807, 2.05) is 6.07 Å². The molecule has 0 radical (unpaired) electrons. The van der Waals surface area contributed by atoms with Crippen molar-refractivity contribution in [1.82, 2.24) is 10.6 Å². The lowest BCUT2D eigenvalue weighted by Crippen LogP contribution is -2.51. The number of carbonyl (C=O) groups is 2. The summed E-state index contributed by atoms with van der Waals surface area (Å²) in [6, 6.07) is 7.66. The summed E-state index contributed by atoms with van der Waals surface area (Å²) in [4.78, 5) is 23.9. The number of nitrogens with one attached hydrogen (secondary N) is 2. The Labute approximate surface area is 132 Å². The Hall–Kier alpha value is -2.52. The first kappa shape index (κ1) is 15.9. The van der Waals surface area contributed by atoms with Gasteiger partial charge in [-0.3, -0.25) is 4.79 Å². The van der Waals surface area contributed by atoms with Crippen molar-refractivity contribution < 1.29 is 14.3 Å². The number of halogens is 1. The maximum atomic E-state index is 12.3. The molecule has 6 nitrogen and oxygen atoms in total. The summed E-state index contributed by atoms with van der Waals surface area (Å²) >= 11 is 6.15. The summed E-state index contributed by atoms with van der Waals surface area (Å²) in [5, 5.41) is 14.1. The first-order valence-electron chi connectivity index (χ1n) is 6.59. The molecule has 0 bridgehead atoms. The summed E-state index contributed by atoms with van der Waals surface area (Å²) in [5.41, 5.74) is 0.832. The number of esters is 1. The normalized spacial score (nSPS) is 20.5. The van der Waals surface area contributed by atoms with E-state index in [4.69, 9.17) is 21.6 Å². The highest BCUT2D eigenvalue weighted by molar-refractivity contribution is 6.31. The molecule has 1 aromatic rings. The van der Waals surface area contributed by atoms with Crippen molar-refractivity contribution in [2.24, 2.45) is 5.92 Å². The minimum absolute atomic E-state index is 0.0116. The SMILES string of the molecule is C=C1NC(=O)N[C@@H](c2ccccc2Cl)[C@@H]1C(=O)OCCC#N. The van der Waals surface area contributed by atoms with Crippen molar-refractivity contribution >= 4 is 23.6 Å². The molecular formula is C15H14ClN3O3. The van der Waals surface area contributed by atoms with E-state index in [1.54, 1.807) is 24.3 Å². The second kappa shape index (κ2) is 6.96. The Balaban J connectivity index is 2.28. The van der Waals surface area contributed by atoms with Crippen LogP contribution in [0.15, 0.2) is 36.5 Å². The van der Waals surface area contributed by atoms with Crippen LogP contribution in [0.1, 0.15) is 18.0 Å². The maximum Gasteiger partial charge on any atom is 0.319 e. The van der Waals surface area contributed by atoms with Gasteiger partial charge in [-0.25, -0.2) is 4.79 Å². The minimum Gasteiger partial charge on any atom is -0.464 e. The Bertz CT molecular complexity index is 654. The molecule has 7 heteroatoms. The Morgan fingerprint density at radius 1 is 1.45 bits per heavy atom. The van der Waals surface area contributed by atoms with Gasteiger partial charge in [-0.1, -0.05) is 36.4 Å². The molecule has 0 saturated carbocycles. The molecule has 1 aromatic carbocycles. The number of hydrogen-bond donors (Lipinski definition) is 2. The van der Waals surface area contributed by atoms with Crippen molar-refractivity contribution in [3.63, 3.8) is 0 Å². The summed E-state index contributed by atoms with van der Waals surface area (Å²) in [6.07, 6.45) is 0.0987. The van der Waals surface area contributed by atoms with Gasteiger partial charge >= 0.3 is 12.0 Å². The monoisotopic (exact) mass is 319 g/mol. The molecule has 1 saturated heterocycles. The van der Waals surface area contributed by atoms with Crippen LogP contribution in [0.3, 0.4) is 0 Å². The van der Waals surface area contributed by atoms with Gasteiger partial charge in [-0.05, 0) is 11.6 Å². The fourth-order valence-corrected chi connectivity index (χ4v) is 2.49. The third-order valence-corrected chi connectivity index (χ3v) is 3.57. The molecule has 0 spiro atoms. The smallest absolute Gasteiger partial charge is 0.319 e. The van der Waals surface area contributed by atoms with E-state index in [1.165, 1.54) is 0 Å². The van der Waals surface area contributed by atoms with Gasteiger partial charge in [0.25, 0.3) is 0 Å². The van der Waals surface area contributed by atoms with Gasteiger partial charge in [0.2, 0.25) is 0 Å². The molecule has 1 heterocycles. The van der Waals surface area contributed by atoms with Crippen molar-refractivity contribution in [3.05, 3.63) is 47.1 Å². The molecule has 1 fully saturated rings. The van der Waals surface area contributed by atoms with Crippen molar-refractivity contribution in [1.29, 1.82) is 5.26 Å². The molecular weight excluding hydrogens is 306 g/mol. The summed E-state index contributed by atoms with van der Waals surface area (Å²) in [5.74, 6) is -1.39. The van der Waals surface area contributed by atoms with E-state index in [2.05, 4.69) is 17.2 Å². The quantitative estimate of drug-likeness (QED) is 0.658. The van der Waals surface area contributed by atoms with Gasteiger partial charge in [-0.2, -0.15) is 5.26 Å². The lowest BCUT2D eigenvalue weighted by Gasteiger charge is -2.33. The molecule has 1 aliphatic heterocycles. The van der Waals surface area contributed by atoms with E-state index in [9.17, 15) is 9.59 Å². The fraction of sp³-hybridized carbons (Fsp3) is 0.267. The average Bonchev–Trinajstić information content (AvgIpc) is 2.47. The van der Waals surface area contributed by atoms with Crippen LogP contribution in [0.5, 0.6) is 0 Å². The predicted octanol–water partition coefficient (Wildman–Crippen LogP) is 2.28. The molecule has 22 heavy (non-hydrogen) atoms. The van der Waals surface area contributed by atoms with Crippen LogP contribution in [0.4, 0.5) is 4.79 Å². The predicted molar refractivity (Wildman–Crippen MR) is 79.7 cm³/mol. The van der Waals surface area contributed by atoms with Gasteiger partial charge < -0.3 is 15.4 Å². The fourth-order valence-electron chi connectivity index (χ4n) is 2.24. The average molecular weight is 320 g/mol. The molecule has 1 aliphatic rings. The van der Waals surface area contributed by atoms with Crippen LogP contribution >= 0.6 is 11.6 Å². The topological polar surface area (TPSA) is 91.2 Å². The summed E-state index contributed by atoms with van der Waals surface area (Å²) < 4.78 is 5.06. The number of urea groups is 1. The Morgan fingerprint density at radius 2 is 2.18 bits per heavy atom. The number of ether oxygens (including phenoxy) is 1. The maximum absolute atomic E-state index is 12.3. The van der Waals surface area contributed by atoms with Gasteiger partial charge in [0, 0.05) is 10.7 Å². The Morgan fingerprint density at radius 3 is 2.86 bits per heavy atom. The molecule has 0 aromatic heterocycles. The van der Waals surface area contributed by atoms with Crippen LogP contribution in [0.2, 0.25) is 5.02 Å². The van der Waals surface area contributed by atoms with E-state index in [-0.39, 0.29) is 18.7 Å². The van der Waals surface area contributed by atoms with Crippen molar-refractivity contribution in [2.45, 2.75) is 12.5 Å². The molecule has 2 amide bonds. The van der Waals surface area contributed by atoms with Gasteiger partial charge in [0.1, 0.15) is 12.5 Å². The zero-order valence-corrected chi connectivity index (χ0v) is 12.4. The van der Waals surface area contributed by atoms with E-state index in [0.29, 0.717) is 10.6 Å². The first-order chi connectivity index (χ1) is 10.5.